The number of thiophene rings is 1. The predicted octanol–water partition coefficient (Wildman–Crippen LogP) is 3.41. The fraction of sp³-hybridized carbons (Fsp3) is 0.150. The van der Waals surface area contributed by atoms with Crippen molar-refractivity contribution in [1.82, 2.24) is 15.3 Å². The van der Waals surface area contributed by atoms with Gasteiger partial charge in [0, 0.05) is 10.9 Å². The van der Waals surface area contributed by atoms with Gasteiger partial charge < -0.3 is 14.7 Å². The minimum absolute atomic E-state index is 0.00362. The molecule has 27 heavy (non-hydrogen) atoms. The molecule has 0 spiro atoms. The van der Waals surface area contributed by atoms with Gasteiger partial charge in [-0.3, -0.25) is 9.59 Å². The van der Waals surface area contributed by atoms with Gasteiger partial charge in [-0.25, -0.2) is 4.98 Å². The van der Waals surface area contributed by atoms with E-state index in [2.05, 4.69) is 15.3 Å². The number of aryl methyl sites for hydroxylation is 1. The molecule has 1 aromatic carbocycles. The van der Waals surface area contributed by atoms with E-state index in [4.69, 9.17) is 4.42 Å². The number of hydrogen-bond acceptors (Lipinski definition) is 5. The van der Waals surface area contributed by atoms with E-state index in [1.807, 2.05) is 36.6 Å². The van der Waals surface area contributed by atoms with Gasteiger partial charge in [-0.2, -0.15) is 0 Å². The van der Waals surface area contributed by atoms with Crippen molar-refractivity contribution >= 4 is 27.5 Å². The van der Waals surface area contributed by atoms with E-state index in [-0.39, 0.29) is 17.9 Å². The number of carbonyl (C=O) groups excluding carboxylic acids is 1. The van der Waals surface area contributed by atoms with Gasteiger partial charge >= 0.3 is 0 Å². The lowest BCUT2D eigenvalue weighted by atomic mass is 10.1. The zero-order valence-corrected chi connectivity index (χ0v) is 15.4. The van der Waals surface area contributed by atoms with Gasteiger partial charge in [-0.05, 0) is 24.6 Å². The Morgan fingerprint density at radius 1 is 1.26 bits per heavy atom. The molecular weight excluding hydrogens is 362 g/mol. The number of furan rings is 1. The van der Waals surface area contributed by atoms with E-state index in [0.29, 0.717) is 28.3 Å². The van der Waals surface area contributed by atoms with Crippen LogP contribution in [0.1, 0.15) is 17.1 Å². The van der Waals surface area contributed by atoms with Crippen molar-refractivity contribution in [3.63, 3.8) is 0 Å². The monoisotopic (exact) mass is 379 g/mol. The molecule has 2 N–H and O–H groups in total. The van der Waals surface area contributed by atoms with E-state index in [1.165, 1.54) is 11.3 Å². The van der Waals surface area contributed by atoms with Gasteiger partial charge in [0.25, 0.3) is 5.56 Å². The number of nitrogens with zero attached hydrogens (tertiary/aromatic N) is 1. The van der Waals surface area contributed by atoms with Crippen LogP contribution in [0.3, 0.4) is 0 Å². The fourth-order valence-electron chi connectivity index (χ4n) is 2.84. The molecule has 0 aliphatic heterocycles. The molecule has 0 bridgehead atoms. The number of benzene rings is 1. The number of fused-ring (bicyclic) bond motifs is 1. The SMILES string of the molecule is Cc1ccc(-c2csc3nc(CC(=O)NCc4ccco4)[nH]c(=O)c23)cc1. The Morgan fingerprint density at radius 3 is 2.81 bits per heavy atom. The number of hydrogen-bond donors (Lipinski definition) is 2. The molecule has 0 saturated carbocycles. The second kappa shape index (κ2) is 7.20. The van der Waals surface area contributed by atoms with Crippen LogP contribution in [0.2, 0.25) is 0 Å². The van der Waals surface area contributed by atoms with E-state index in [1.54, 1.807) is 18.4 Å². The normalized spacial score (nSPS) is 11.0. The van der Waals surface area contributed by atoms with Gasteiger partial charge in [-0.15, -0.1) is 11.3 Å². The zero-order chi connectivity index (χ0) is 18.8. The van der Waals surface area contributed by atoms with Crippen molar-refractivity contribution in [1.29, 1.82) is 0 Å². The molecule has 1 amide bonds. The summed E-state index contributed by atoms with van der Waals surface area (Å²) >= 11 is 1.40. The van der Waals surface area contributed by atoms with Gasteiger partial charge in [0.2, 0.25) is 5.91 Å². The fourth-order valence-corrected chi connectivity index (χ4v) is 3.80. The predicted molar refractivity (Wildman–Crippen MR) is 105 cm³/mol. The van der Waals surface area contributed by atoms with E-state index in [9.17, 15) is 9.59 Å². The average Bonchev–Trinajstić information content (AvgIpc) is 3.30. The number of aromatic nitrogens is 2. The van der Waals surface area contributed by atoms with Crippen LogP contribution in [-0.2, 0) is 17.8 Å². The zero-order valence-electron chi connectivity index (χ0n) is 14.6. The molecule has 0 saturated heterocycles. The molecule has 4 rings (SSSR count). The minimum atomic E-state index is -0.232. The minimum Gasteiger partial charge on any atom is -0.467 e. The van der Waals surface area contributed by atoms with Crippen LogP contribution in [0.15, 0.2) is 57.3 Å². The first-order valence-electron chi connectivity index (χ1n) is 8.46. The number of aromatic amines is 1. The maximum atomic E-state index is 12.6. The van der Waals surface area contributed by atoms with Crippen molar-refractivity contribution in [2.24, 2.45) is 0 Å². The van der Waals surface area contributed by atoms with Crippen LogP contribution in [0.5, 0.6) is 0 Å². The Labute approximate surface area is 158 Å². The van der Waals surface area contributed by atoms with Crippen LogP contribution in [-0.4, -0.2) is 15.9 Å². The summed E-state index contributed by atoms with van der Waals surface area (Å²) in [4.78, 5) is 32.5. The van der Waals surface area contributed by atoms with Crippen LogP contribution >= 0.6 is 11.3 Å². The van der Waals surface area contributed by atoms with Crippen LogP contribution < -0.4 is 10.9 Å². The third kappa shape index (κ3) is 3.68. The summed E-state index contributed by atoms with van der Waals surface area (Å²) in [5.41, 5.74) is 2.76. The molecule has 0 atom stereocenters. The highest BCUT2D eigenvalue weighted by molar-refractivity contribution is 7.17. The Hall–Kier alpha value is -3.19. The highest BCUT2D eigenvalue weighted by Crippen LogP contribution is 2.30. The molecular formula is C20H17N3O3S. The number of amides is 1. The lowest BCUT2D eigenvalue weighted by Crippen LogP contribution is -2.26. The van der Waals surface area contributed by atoms with Crippen molar-refractivity contribution < 1.29 is 9.21 Å². The Morgan fingerprint density at radius 2 is 2.07 bits per heavy atom. The van der Waals surface area contributed by atoms with Gasteiger partial charge in [-0.1, -0.05) is 29.8 Å². The largest absolute Gasteiger partial charge is 0.467 e. The number of H-pyrrole nitrogens is 1. The summed E-state index contributed by atoms with van der Waals surface area (Å²) in [6.45, 7) is 2.32. The Bertz CT molecular complexity index is 1140. The Kier molecular flexibility index (Phi) is 4.60. The molecule has 6 nitrogen and oxygen atoms in total. The summed E-state index contributed by atoms with van der Waals surface area (Å²) in [6, 6.07) is 11.6. The molecule has 0 aliphatic rings. The van der Waals surface area contributed by atoms with E-state index < -0.39 is 0 Å². The van der Waals surface area contributed by atoms with Crippen molar-refractivity contribution in [2.45, 2.75) is 19.9 Å². The first kappa shape index (κ1) is 17.2. The second-order valence-electron chi connectivity index (χ2n) is 6.24. The molecule has 4 aromatic rings. The first-order chi connectivity index (χ1) is 13.1. The summed E-state index contributed by atoms with van der Waals surface area (Å²) in [7, 11) is 0. The first-order valence-corrected chi connectivity index (χ1v) is 9.34. The lowest BCUT2D eigenvalue weighted by Gasteiger charge is -2.04. The summed E-state index contributed by atoms with van der Waals surface area (Å²) in [5.74, 6) is 0.784. The highest BCUT2D eigenvalue weighted by atomic mass is 32.1. The number of carbonyl (C=O) groups is 1. The van der Waals surface area contributed by atoms with Gasteiger partial charge in [0.05, 0.1) is 24.6 Å². The number of nitrogens with one attached hydrogen (secondary N) is 2. The molecule has 3 heterocycles. The molecule has 0 fully saturated rings. The molecule has 0 radical (unpaired) electrons. The maximum absolute atomic E-state index is 12.6. The van der Waals surface area contributed by atoms with Crippen molar-refractivity contribution in [3.8, 4) is 11.1 Å². The van der Waals surface area contributed by atoms with E-state index in [0.717, 1.165) is 16.7 Å². The maximum Gasteiger partial charge on any atom is 0.260 e. The second-order valence-corrected chi connectivity index (χ2v) is 7.10. The average molecular weight is 379 g/mol. The topological polar surface area (TPSA) is 88.0 Å². The summed E-state index contributed by atoms with van der Waals surface area (Å²) in [5, 5.41) is 5.23. The standard InChI is InChI=1S/C20H17N3O3S/c1-12-4-6-13(7-5-12)15-11-27-20-18(15)19(25)22-16(23-20)9-17(24)21-10-14-3-2-8-26-14/h2-8,11H,9-10H2,1H3,(H,21,24)(H,22,23,25). The van der Waals surface area contributed by atoms with Crippen LogP contribution in [0.4, 0.5) is 0 Å². The number of rotatable bonds is 5. The van der Waals surface area contributed by atoms with Gasteiger partial charge in [0.1, 0.15) is 16.4 Å². The molecule has 0 unspecified atom stereocenters. The summed E-state index contributed by atoms with van der Waals surface area (Å²) < 4.78 is 5.18. The molecule has 0 aliphatic carbocycles. The van der Waals surface area contributed by atoms with Crippen LogP contribution in [0.25, 0.3) is 21.3 Å². The van der Waals surface area contributed by atoms with E-state index >= 15 is 0 Å². The van der Waals surface area contributed by atoms with Crippen molar-refractivity contribution in [3.05, 3.63) is 75.5 Å². The summed E-state index contributed by atoms with van der Waals surface area (Å²) in [6.07, 6.45) is 1.56. The van der Waals surface area contributed by atoms with Crippen molar-refractivity contribution in [2.75, 3.05) is 0 Å². The third-order valence-corrected chi connectivity index (χ3v) is 5.10. The third-order valence-electron chi connectivity index (χ3n) is 4.22. The lowest BCUT2D eigenvalue weighted by molar-refractivity contribution is -0.120. The molecule has 3 aromatic heterocycles. The molecule has 136 valence electrons. The molecule has 7 heteroatoms. The Balaban J connectivity index is 1.56. The van der Waals surface area contributed by atoms with Gasteiger partial charge in [0.15, 0.2) is 0 Å². The quantitative estimate of drug-likeness (QED) is 0.556. The van der Waals surface area contributed by atoms with Crippen LogP contribution in [0, 0.1) is 6.92 Å². The highest BCUT2D eigenvalue weighted by Gasteiger charge is 2.14. The smallest absolute Gasteiger partial charge is 0.260 e.